The number of thiazole rings is 1. The molecule has 4 heteroatoms. The van der Waals surface area contributed by atoms with E-state index in [1.807, 2.05) is 11.3 Å². The second-order valence-electron chi connectivity index (χ2n) is 5.26. The van der Waals surface area contributed by atoms with Crippen molar-refractivity contribution in [3.63, 3.8) is 0 Å². The van der Waals surface area contributed by atoms with Gasteiger partial charge in [-0.25, -0.2) is 4.98 Å². The Balaban J connectivity index is 1.73. The first-order valence-corrected chi connectivity index (χ1v) is 8.02. The van der Waals surface area contributed by atoms with E-state index in [-0.39, 0.29) is 0 Å². The Bertz CT molecular complexity index is 398. The first-order valence-electron chi connectivity index (χ1n) is 7.20. The van der Waals surface area contributed by atoms with E-state index in [1.54, 1.807) is 0 Å². The summed E-state index contributed by atoms with van der Waals surface area (Å²) in [7, 11) is 0. The van der Waals surface area contributed by atoms with Crippen molar-refractivity contribution in [3.05, 3.63) is 15.6 Å². The first-order chi connectivity index (χ1) is 8.86. The molecule has 3 rings (SSSR count). The van der Waals surface area contributed by atoms with Gasteiger partial charge in [0.25, 0.3) is 0 Å². The normalized spacial score (nSPS) is 27.4. The summed E-state index contributed by atoms with van der Waals surface area (Å²) in [5, 5.41) is 4.85. The van der Waals surface area contributed by atoms with E-state index in [0.29, 0.717) is 12.1 Å². The lowest BCUT2D eigenvalue weighted by atomic mass is 9.98. The third-order valence-electron chi connectivity index (χ3n) is 3.88. The van der Waals surface area contributed by atoms with Crippen LogP contribution in [0.1, 0.15) is 54.2 Å². The zero-order valence-corrected chi connectivity index (χ0v) is 11.9. The minimum absolute atomic E-state index is 0.426. The molecule has 0 radical (unpaired) electrons. The molecular weight excluding hydrogens is 244 g/mol. The molecule has 0 spiro atoms. The van der Waals surface area contributed by atoms with E-state index in [1.165, 1.54) is 47.7 Å². The summed E-state index contributed by atoms with van der Waals surface area (Å²) in [6.07, 6.45) is 7.64. The number of nitrogens with one attached hydrogen (secondary N) is 1. The van der Waals surface area contributed by atoms with Crippen LogP contribution in [0.25, 0.3) is 0 Å². The highest BCUT2D eigenvalue weighted by molar-refractivity contribution is 7.11. The third kappa shape index (κ3) is 2.60. The van der Waals surface area contributed by atoms with Gasteiger partial charge in [0.05, 0.1) is 22.8 Å². The van der Waals surface area contributed by atoms with E-state index >= 15 is 0 Å². The van der Waals surface area contributed by atoms with Crippen molar-refractivity contribution >= 4 is 11.3 Å². The highest BCUT2D eigenvalue weighted by Gasteiger charge is 2.25. The molecule has 1 saturated heterocycles. The van der Waals surface area contributed by atoms with Gasteiger partial charge in [-0.15, -0.1) is 11.3 Å². The molecule has 1 aliphatic heterocycles. The molecule has 1 N–H and O–H groups in total. The lowest BCUT2D eigenvalue weighted by Gasteiger charge is -2.21. The van der Waals surface area contributed by atoms with Crippen molar-refractivity contribution in [2.24, 2.45) is 0 Å². The standard InChI is InChI=1S/C14H22N2OS/c1-2-15-11-6-3-7-12-14(11)16-13(18-12)9-10-5-4-8-17-10/h10-11,15H,2-9H2,1H3. The van der Waals surface area contributed by atoms with Gasteiger partial charge in [0.1, 0.15) is 0 Å². The average molecular weight is 266 g/mol. The molecule has 1 aromatic rings. The Hall–Kier alpha value is -0.450. The molecule has 18 heavy (non-hydrogen) atoms. The lowest BCUT2D eigenvalue weighted by molar-refractivity contribution is 0.111. The minimum Gasteiger partial charge on any atom is -0.378 e. The molecule has 1 fully saturated rings. The highest BCUT2D eigenvalue weighted by atomic mass is 32.1. The molecule has 0 saturated carbocycles. The molecule has 1 aromatic heterocycles. The molecule has 100 valence electrons. The van der Waals surface area contributed by atoms with Gasteiger partial charge >= 0.3 is 0 Å². The second-order valence-corrected chi connectivity index (χ2v) is 6.43. The van der Waals surface area contributed by atoms with Gasteiger partial charge in [0.15, 0.2) is 0 Å². The van der Waals surface area contributed by atoms with Crippen molar-refractivity contribution in [1.29, 1.82) is 0 Å². The maximum atomic E-state index is 5.71. The van der Waals surface area contributed by atoms with Crippen molar-refractivity contribution in [2.75, 3.05) is 13.2 Å². The topological polar surface area (TPSA) is 34.1 Å². The first kappa shape index (κ1) is 12.6. The van der Waals surface area contributed by atoms with Crippen LogP contribution < -0.4 is 5.32 Å². The molecule has 2 heterocycles. The van der Waals surface area contributed by atoms with Gasteiger partial charge in [-0.3, -0.25) is 0 Å². The number of hydrogen-bond donors (Lipinski definition) is 1. The Labute approximate surface area is 113 Å². The van der Waals surface area contributed by atoms with Gasteiger partial charge in [-0.05, 0) is 38.6 Å². The number of rotatable bonds is 4. The Morgan fingerprint density at radius 2 is 2.33 bits per heavy atom. The van der Waals surface area contributed by atoms with Gasteiger partial charge in [0.2, 0.25) is 0 Å². The smallest absolute Gasteiger partial charge is 0.0957 e. The zero-order valence-electron chi connectivity index (χ0n) is 11.1. The largest absolute Gasteiger partial charge is 0.378 e. The van der Waals surface area contributed by atoms with E-state index in [0.717, 1.165) is 19.6 Å². The van der Waals surface area contributed by atoms with Crippen LogP contribution in [0, 0.1) is 0 Å². The molecule has 3 nitrogen and oxygen atoms in total. The van der Waals surface area contributed by atoms with Crippen molar-refractivity contribution in [1.82, 2.24) is 10.3 Å². The van der Waals surface area contributed by atoms with Crippen LogP contribution in [0.15, 0.2) is 0 Å². The highest BCUT2D eigenvalue weighted by Crippen LogP contribution is 2.34. The molecule has 2 unspecified atom stereocenters. The van der Waals surface area contributed by atoms with Crippen molar-refractivity contribution in [2.45, 2.75) is 57.6 Å². The van der Waals surface area contributed by atoms with Crippen molar-refractivity contribution < 1.29 is 4.74 Å². The average Bonchev–Trinajstić information content (AvgIpc) is 2.99. The fourth-order valence-corrected chi connectivity index (χ4v) is 4.24. The molecule has 2 aliphatic rings. The van der Waals surface area contributed by atoms with E-state index in [9.17, 15) is 0 Å². The number of ether oxygens (including phenoxy) is 1. The summed E-state index contributed by atoms with van der Waals surface area (Å²) in [5.41, 5.74) is 1.33. The number of nitrogens with zero attached hydrogens (tertiary/aromatic N) is 1. The quantitative estimate of drug-likeness (QED) is 0.910. The van der Waals surface area contributed by atoms with Crippen molar-refractivity contribution in [3.8, 4) is 0 Å². The van der Waals surface area contributed by atoms with E-state index in [2.05, 4.69) is 12.2 Å². The molecule has 0 amide bonds. The van der Waals surface area contributed by atoms with Crippen LogP contribution >= 0.6 is 11.3 Å². The fourth-order valence-electron chi connectivity index (χ4n) is 3.00. The molecule has 0 bridgehead atoms. The summed E-state index contributed by atoms with van der Waals surface area (Å²) in [5.74, 6) is 0. The van der Waals surface area contributed by atoms with Gasteiger partial charge in [0, 0.05) is 17.9 Å². The summed E-state index contributed by atoms with van der Waals surface area (Å²) >= 11 is 1.92. The lowest BCUT2D eigenvalue weighted by Crippen LogP contribution is -2.24. The predicted octanol–water partition coefficient (Wildman–Crippen LogP) is 2.85. The van der Waals surface area contributed by atoms with Crippen LogP contribution in [0.5, 0.6) is 0 Å². The summed E-state index contributed by atoms with van der Waals surface area (Å²) in [6, 6.07) is 0.494. The van der Waals surface area contributed by atoms with Gasteiger partial charge < -0.3 is 10.1 Å². The van der Waals surface area contributed by atoms with Crippen LogP contribution in [-0.2, 0) is 17.6 Å². The van der Waals surface area contributed by atoms with Crippen LogP contribution in [0.2, 0.25) is 0 Å². The van der Waals surface area contributed by atoms with Gasteiger partial charge in [-0.2, -0.15) is 0 Å². The maximum absolute atomic E-state index is 5.71. The third-order valence-corrected chi connectivity index (χ3v) is 5.03. The molecule has 0 aromatic carbocycles. The number of fused-ring (bicyclic) bond motifs is 1. The Morgan fingerprint density at radius 3 is 3.11 bits per heavy atom. The maximum Gasteiger partial charge on any atom is 0.0957 e. The minimum atomic E-state index is 0.426. The Kier molecular flexibility index (Phi) is 3.97. The summed E-state index contributed by atoms with van der Waals surface area (Å²) in [4.78, 5) is 6.40. The summed E-state index contributed by atoms with van der Waals surface area (Å²) in [6.45, 7) is 4.15. The molecule has 2 atom stereocenters. The number of aryl methyl sites for hydroxylation is 1. The van der Waals surface area contributed by atoms with Crippen LogP contribution in [0.3, 0.4) is 0 Å². The fraction of sp³-hybridized carbons (Fsp3) is 0.786. The SMILES string of the molecule is CCNC1CCCc2sc(CC3CCCO3)nc21. The predicted molar refractivity (Wildman–Crippen MR) is 74.1 cm³/mol. The monoisotopic (exact) mass is 266 g/mol. The molecular formula is C14H22N2OS. The van der Waals surface area contributed by atoms with Gasteiger partial charge in [-0.1, -0.05) is 6.92 Å². The number of aromatic nitrogens is 1. The zero-order chi connectivity index (χ0) is 12.4. The Morgan fingerprint density at radius 1 is 1.39 bits per heavy atom. The van der Waals surface area contributed by atoms with E-state index in [4.69, 9.17) is 9.72 Å². The van der Waals surface area contributed by atoms with Crippen LogP contribution in [-0.4, -0.2) is 24.2 Å². The molecule has 1 aliphatic carbocycles. The van der Waals surface area contributed by atoms with E-state index < -0.39 is 0 Å². The number of hydrogen-bond acceptors (Lipinski definition) is 4. The summed E-state index contributed by atoms with van der Waals surface area (Å²) < 4.78 is 5.71. The van der Waals surface area contributed by atoms with Crippen LogP contribution in [0.4, 0.5) is 0 Å². The second kappa shape index (κ2) is 5.68.